The number of rotatable bonds is 4. The number of carboxylic acid groups (broad SMARTS) is 1. The van der Waals surface area contributed by atoms with Crippen molar-refractivity contribution in [1.82, 2.24) is 4.90 Å². The molecule has 0 bridgehead atoms. The van der Waals surface area contributed by atoms with Crippen LogP contribution in [-0.2, 0) is 22.4 Å². The lowest BCUT2D eigenvalue weighted by Gasteiger charge is -2.34. The predicted octanol–water partition coefficient (Wildman–Crippen LogP) is 2.51. The number of nitrogens with zero attached hydrogens (tertiary/aromatic N) is 1. The van der Waals surface area contributed by atoms with Gasteiger partial charge in [0.1, 0.15) is 5.75 Å². The van der Waals surface area contributed by atoms with Crippen LogP contribution in [0.4, 0.5) is 0 Å². The third-order valence-electron chi connectivity index (χ3n) is 5.26. The molecule has 2 atom stereocenters. The minimum atomic E-state index is -0.764. The number of hydrogen-bond acceptors (Lipinski definition) is 3. The number of fused-ring (bicyclic) bond motifs is 1. The van der Waals surface area contributed by atoms with Gasteiger partial charge in [-0.2, -0.15) is 0 Å². The van der Waals surface area contributed by atoms with E-state index in [9.17, 15) is 9.59 Å². The van der Waals surface area contributed by atoms with E-state index in [-0.39, 0.29) is 24.3 Å². The van der Waals surface area contributed by atoms with Gasteiger partial charge < -0.3 is 14.7 Å². The molecule has 1 heterocycles. The van der Waals surface area contributed by atoms with Crippen LogP contribution in [0.2, 0.25) is 0 Å². The molecule has 130 valence electrons. The Kier molecular flexibility index (Phi) is 5.07. The van der Waals surface area contributed by atoms with Crippen molar-refractivity contribution in [2.45, 2.75) is 39.0 Å². The molecular weight excluding hydrogens is 306 g/mol. The van der Waals surface area contributed by atoms with Crippen molar-refractivity contribution in [3.63, 3.8) is 0 Å². The van der Waals surface area contributed by atoms with E-state index < -0.39 is 5.97 Å². The summed E-state index contributed by atoms with van der Waals surface area (Å²) in [6.45, 7) is 2.89. The zero-order chi connectivity index (χ0) is 17.1. The first-order chi connectivity index (χ1) is 11.5. The number of benzene rings is 1. The summed E-state index contributed by atoms with van der Waals surface area (Å²) in [7, 11) is 0. The third kappa shape index (κ3) is 3.71. The fourth-order valence-corrected chi connectivity index (χ4v) is 3.77. The summed E-state index contributed by atoms with van der Waals surface area (Å²) in [5, 5.41) is 9.15. The molecule has 5 heteroatoms. The van der Waals surface area contributed by atoms with Gasteiger partial charge in [-0.3, -0.25) is 9.59 Å². The summed E-state index contributed by atoms with van der Waals surface area (Å²) in [6, 6.07) is 6.10. The standard InChI is InChI=1S/C19H25NO4/c1-13-11-20(9-8-17(13)19(22)23)18(21)12-24-16-7-6-14-4-2-3-5-15(14)10-16/h6-7,10,13,17H,2-5,8-9,11-12H2,1H3,(H,22,23). The summed E-state index contributed by atoms with van der Waals surface area (Å²) in [5.74, 6) is -0.458. The Labute approximate surface area is 142 Å². The lowest BCUT2D eigenvalue weighted by Crippen LogP contribution is -2.46. The number of carbonyl (C=O) groups is 2. The van der Waals surface area contributed by atoms with Crippen LogP contribution in [-0.4, -0.2) is 41.6 Å². The maximum Gasteiger partial charge on any atom is 0.306 e. The molecule has 1 aliphatic heterocycles. The molecule has 0 aromatic heterocycles. The van der Waals surface area contributed by atoms with E-state index in [2.05, 4.69) is 12.1 Å². The molecule has 24 heavy (non-hydrogen) atoms. The molecule has 1 amide bonds. The molecule has 1 aromatic carbocycles. The van der Waals surface area contributed by atoms with Crippen LogP contribution in [0.5, 0.6) is 5.75 Å². The van der Waals surface area contributed by atoms with Gasteiger partial charge in [0, 0.05) is 13.1 Å². The van der Waals surface area contributed by atoms with E-state index in [0.717, 1.165) is 18.6 Å². The first-order valence-corrected chi connectivity index (χ1v) is 8.80. The molecule has 0 spiro atoms. The highest BCUT2D eigenvalue weighted by atomic mass is 16.5. The second-order valence-corrected chi connectivity index (χ2v) is 6.98. The van der Waals surface area contributed by atoms with Crippen molar-refractivity contribution in [3.05, 3.63) is 29.3 Å². The van der Waals surface area contributed by atoms with Gasteiger partial charge in [-0.15, -0.1) is 0 Å². The van der Waals surface area contributed by atoms with E-state index in [1.165, 1.54) is 24.0 Å². The van der Waals surface area contributed by atoms with Crippen LogP contribution >= 0.6 is 0 Å². The monoisotopic (exact) mass is 331 g/mol. The van der Waals surface area contributed by atoms with Gasteiger partial charge in [0.05, 0.1) is 5.92 Å². The van der Waals surface area contributed by atoms with Gasteiger partial charge in [-0.25, -0.2) is 0 Å². The molecule has 1 aromatic rings. The van der Waals surface area contributed by atoms with Crippen LogP contribution in [0, 0.1) is 11.8 Å². The fraction of sp³-hybridized carbons (Fsp3) is 0.579. The highest BCUT2D eigenvalue weighted by molar-refractivity contribution is 5.78. The maximum atomic E-state index is 12.3. The van der Waals surface area contributed by atoms with Gasteiger partial charge in [0.15, 0.2) is 6.61 Å². The summed E-state index contributed by atoms with van der Waals surface area (Å²) in [5.41, 5.74) is 2.73. The average molecular weight is 331 g/mol. The minimum Gasteiger partial charge on any atom is -0.484 e. The summed E-state index contributed by atoms with van der Waals surface area (Å²) < 4.78 is 5.69. The lowest BCUT2D eigenvalue weighted by atomic mass is 9.87. The second kappa shape index (κ2) is 7.24. The largest absolute Gasteiger partial charge is 0.484 e. The van der Waals surface area contributed by atoms with E-state index in [1.807, 2.05) is 13.0 Å². The van der Waals surface area contributed by atoms with Crippen molar-refractivity contribution in [2.24, 2.45) is 11.8 Å². The fourth-order valence-electron chi connectivity index (χ4n) is 3.77. The number of aliphatic carboxylic acids is 1. The van der Waals surface area contributed by atoms with E-state index in [0.29, 0.717) is 19.5 Å². The number of carboxylic acids is 1. The molecule has 1 aliphatic carbocycles. The highest BCUT2D eigenvalue weighted by Gasteiger charge is 2.33. The first-order valence-electron chi connectivity index (χ1n) is 8.80. The number of amides is 1. The number of likely N-dealkylation sites (tertiary alicyclic amines) is 1. The van der Waals surface area contributed by atoms with Crippen LogP contribution in [0.1, 0.15) is 37.3 Å². The Morgan fingerprint density at radius 3 is 2.71 bits per heavy atom. The van der Waals surface area contributed by atoms with Crippen LogP contribution in [0.25, 0.3) is 0 Å². The Morgan fingerprint density at radius 2 is 2.00 bits per heavy atom. The quantitative estimate of drug-likeness (QED) is 0.920. The summed E-state index contributed by atoms with van der Waals surface area (Å²) >= 11 is 0. The molecule has 1 N–H and O–H groups in total. The average Bonchev–Trinajstić information content (AvgIpc) is 2.59. The van der Waals surface area contributed by atoms with Crippen molar-refractivity contribution < 1.29 is 19.4 Å². The van der Waals surface area contributed by atoms with E-state index in [4.69, 9.17) is 9.84 Å². The molecule has 0 radical (unpaired) electrons. The van der Waals surface area contributed by atoms with Crippen molar-refractivity contribution >= 4 is 11.9 Å². The van der Waals surface area contributed by atoms with Crippen molar-refractivity contribution in [2.75, 3.05) is 19.7 Å². The summed E-state index contributed by atoms with van der Waals surface area (Å²) in [6.07, 6.45) is 5.19. The van der Waals surface area contributed by atoms with Gasteiger partial charge >= 0.3 is 5.97 Å². The molecule has 2 unspecified atom stereocenters. The Hall–Kier alpha value is -2.04. The molecule has 3 rings (SSSR count). The molecule has 1 fully saturated rings. The lowest BCUT2D eigenvalue weighted by molar-refractivity contribution is -0.148. The number of ether oxygens (including phenoxy) is 1. The number of hydrogen-bond donors (Lipinski definition) is 1. The maximum absolute atomic E-state index is 12.3. The number of piperidine rings is 1. The SMILES string of the molecule is CC1CN(C(=O)COc2ccc3c(c2)CCCC3)CCC1C(=O)O. The van der Waals surface area contributed by atoms with Crippen LogP contribution < -0.4 is 4.74 Å². The van der Waals surface area contributed by atoms with Crippen molar-refractivity contribution in [1.29, 1.82) is 0 Å². The smallest absolute Gasteiger partial charge is 0.306 e. The molecule has 5 nitrogen and oxygen atoms in total. The van der Waals surface area contributed by atoms with Gasteiger partial charge in [0.25, 0.3) is 5.91 Å². The third-order valence-corrected chi connectivity index (χ3v) is 5.26. The van der Waals surface area contributed by atoms with Gasteiger partial charge in [-0.05, 0) is 61.3 Å². The Morgan fingerprint density at radius 1 is 1.25 bits per heavy atom. The second-order valence-electron chi connectivity index (χ2n) is 6.98. The molecular formula is C19H25NO4. The van der Waals surface area contributed by atoms with Gasteiger partial charge in [0.2, 0.25) is 0 Å². The number of aryl methyl sites for hydroxylation is 2. The molecule has 1 saturated heterocycles. The van der Waals surface area contributed by atoms with Crippen molar-refractivity contribution in [3.8, 4) is 5.75 Å². The highest BCUT2D eigenvalue weighted by Crippen LogP contribution is 2.26. The molecule has 2 aliphatic rings. The zero-order valence-electron chi connectivity index (χ0n) is 14.2. The first kappa shape index (κ1) is 16.8. The van der Waals surface area contributed by atoms with Crippen LogP contribution in [0.3, 0.4) is 0 Å². The molecule has 0 saturated carbocycles. The van der Waals surface area contributed by atoms with Gasteiger partial charge in [-0.1, -0.05) is 13.0 Å². The zero-order valence-corrected chi connectivity index (χ0v) is 14.2. The van der Waals surface area contributed by atoms with Crippen LogP contribution in [0.15, 0.2) is 18.2 Å². The Bertz CT molecular complexity index is 628. The number of carbonyl (C=O) groups excluding carboxylic acids is 1. The minimum absolute atomic E-state index is 0.0171. The topological polar surface area (TPSA) is 66.8 Å². The predicted molar refractivity (Wildman–Crippen MR) is 90.1 cm³/mol. The van der Waals surface area contributed by atoms with E-state index >= 15 is 0 Å². The van der Waals surface area contributed by atoms with E-state index in [1.54, 1.807) is 4.90 Å². The normalized spacial score (nSPS) is 23.5. The Balaban J connectivity index is 1.53. The summed E-state index contributed by atoms with van der Waals surface area (Å²) in [4.78, 5) is 25.2.